The van der Waals surface area contributed by atoms with Gasteiger partial charge in [0.05, 0.1) is 12.7 Å². The van der Waals surface area contributed by atoms with Gasteiger partial charge in [0.2, 0.25) is 0 Å². The fourth-order valence-electron chi connectivity index (χ4n) is 3.99. The summed E-state index contributed by atoms with van der Waals surface area (Å²) >= 11 is 0. The number of nitriles is 1. The first-order chi connectivity index (χ1) is 15.0. The Balaban J connectivity index is 1.75. The van der Waals surface area contributed by atoms with Crippen molar-refractivity contribution in [1.82, 2.24) is 5.32 Å². The predicted molar refractivity (Wildman–Crippen MR) is 120 cm³/mol. The summed E-state index contributed by atoms with van der Waals surface area (Å²) in [6.07, 6.45) is 2.41. The monoisotopic (exact) mass is 423 g/mol. The number of hydrogen-bond acceptors (Lipinski definition) is 6. The molecule has 1 heterocycles. The lowest BCUT2D eigenvalue weighted by atomic mass is 10.0. The summed E-state index contributed by atoms with van der Waals surface area (Å²) in [5.74, 6) is -0.651. The molecule has 3 unspecified atom stereocenters. The fourth-order valence-corrected chi connectivity index (χ4v) is 3.99. The van der Waals surface area contributed by atoms with Crippen LogP contribution in [0.3, 0.4) is 0 Å². The van der Waals surface area contributed by atoms with Gasteiger partial charge in [0.1, 0.15) is 17.7 Å². The molecule has 31 heavy (non-hydrogen) atoms. The van der Waals surface area contributed by atoms with E-state index in [0.717, 1.165) is 29.3 Å². The average molecular weight is 424 g/mol. The van der Waals surface area contributed by atoms with Gasteiger partial charge < -0.3 is 25.5 Å². The van der Waals surface area contributed by atoms with Gasteiger partial charge in [-0.05, 0) is 59.9 Å². The second-order valence-corrected chi connectivity index (χ2v) is 7.89. The molecule has 0 spiro atoms. The van der Waals surface area contributed by atoms with Gasteiger partial charge in [0.25, 0.3) is 5.91 Å². The Labute approximate surface area is 182 Å². The van der Waals surface area contributed by atoms with Gasteiger partial charge in [-0.25, -0.2) is 0 Å². The van der Waals surface area contributed by atoms with Crippen molar-refractivity contribution in [3.05, 3.63) is 47.5 Å². The van der Waals surface area contributed by atoms with Crippen molar-refractivity contribution in [1.29, 1.82) is 5.26 Å². The summed E-state index contributed by atoms with van der Waals surface area (Å²) in [4.78, 5) is 14.7. The molecule has 3 atom stereocenters. The van der Waals surface area contributed by atoms with Crippen molar-refractivity contribution in [2.45, 2.75) is 44.4 Å². The molecule has 1 fully saturated rings. The Hall–Kier alpha value is -2.92. The van der Waals surface area contributed by atoms with Crippen molar-refractivity contribution in [3.63, 3.8) is 0 Å². The first kappa shape index (κ1) is 22.8. The third kappa shape index (κ3) is 5.42. The highest BCUT2D eigenvalue weighted by Crippen LogP contribution is 2.30. The van der Waals surface area contributed by atoms with Crippen LogP contribution in [0.15, 0.2) is 42.0 Å². The highest BCUT2D eigenvalue weighted by atomic mass is 16.4. The van der Waals surface area contributed by atoms with E-state index >= 15 is 0 Å². The molecule has 0 aliphatic carbocycles. The molecule has 0 saturated carbocycles. The van der Waals surface area contributed by atoms with Gasteiger partial charge in [-0.15, -0.1) is 0 Å². The largest absolute Gasteiger partial charge is 0.394 e. The van der Waals surface area contributed by atoms with Crippen LogP contribution in [0.2, 0.25) is 0 Å². The lowest BCUT2D eigenvalue weighted by molar-refractivity contribution is -0.118. The van der Waals surface area contributed by atoms with Gasteiger partial charge in [-0.1, -0.05) is 25.1 Å². The molecule has 4 N–H and O–H groups in total. The van der Waals surface area contributed by atoms with Crippen LogP contribution in [-0.4, -0.2) is 59.2 Å². The molecule has 7 nitrogen and oxygen atoms in total. The quantitative estimate of drug-likeness (QED) is 0.381. The summed E-state index contributed by atoms with van der Waals surface area (Å²) in [7, 11) is 0. The molecule has 0 bridgehead atoms. The molecule has 7 heteroatoms. The number of benzene rings is 2. The molecule has 0 radical (unpaired) electrons. The lowest BCUT2D eigenvalue weighted by Gasteiger charge is -2.26. The van der Waals surface area contributed by atoms with Crippen LogP contribution in [0.1, 0.15) is 31.7 Å². The zero-order valence-corrected chi connectivity index (χ0v) is 17.7. The Morgan fingerprint density at radius 2 is 2.00 bits per heavy atom. The van der Waals surface area contributed by atoms with Gasteiger partial charge in [-0.2, -0.15) is 5.26 Å². The predicted octanol–water partition coefficient (Wildman–Crippen LogP) is 1.96. The number of rotatable bonds is 8. The number of carbonyl (C=O) groups is 1. The molecule has 164 valence electrons. The van der Waals surface area contributed by atoms with E-state index in [4.69, 9.17) is 5.11 Å². The van der Waals surface area contributed by atoms with Gasteiger partial charge in [0.15, 0.2) is 0 Å². The minimum absolute atomic E-state index is 0.107. The normalized spacial score (nSPS) is 18.6. The summed E-state index contributed by atoms with van der Waals surface area (Å²) in [6.45, 7) is 2.42. The molecule has 1 aliphatic heterocycles. The first-order valence-electron chi connectivity index (χ1n) is 10.6. The number of amides is 1. The van der Waals surface area contributed by atoms with E-state index in [1.807, 2.05) is 24.3 Å². The standard InChI is InChI=1S/C24H29N3O4/c1-2-20-4-3-9-27(20)21-8-7-17-10-16(5-6-18(17)12-21)11-19(13-25)24(31)26-14-22(29)23(30)15-28/h5-8,10-12,20,22-23,28-30H,2-4,9,14-15H2,1H3,(H,26,31)/b19-11+. The summed E-state index contributed by atoms with van der Waals surface area (Å²) in [6, 6.07) is 14.6. The van der Waals surface area contributed by atoms with E-state index < -0.39 is 24.7 Å². The van der Waals surface area contributed by atoms with Crippen molar-refractivity contribution >= 4 is 28.4 Å². The SMILES string of the molecule is CCC1CCCN1c1ccc2cc(/C=C(\C#N)C(=O)NCC(O)C(O)CO)ccc2c1. The number of aliphatic hydroxyl groups is 3. The maximum absolute atomic E-state index is 12.2. The Bertz CT molecular complexity index is 998. The zero-order chi connectivity index (χ0) is 22.4. The number of nitrogens with one attached hydrogen (secondary N) is 1. The number of fused-ring (bicyclic) bond motifs is 1. The second-order valence-electron chi connectivity index (χ2n) is 7.89. The number of carbonyl (C=O) groups excluding carboxylic acids is 1. The minimum atomic E-state index is -1.35. The molecule has 1 amide bonds. The molecule has 2 aromatic rings. The second kappa shape index (κ2) is 10.4. The van der Waals surface area contributed by atoms with Crippen molar-refractivity contribution in [2.24, 2.45) is 0 Å². The Morgan fingerprint density at radius 1 is 1.26 bits per heavy atom. The minimum Gasteiger partial charge on any atom is -0.394 e. The maximum Gasteiger partial charge on any atom is 0.262 e. The number of anilines is 1. The molecule has 2 aromatic carbocycles. The molecule has 1 saturated heterocycles. The van der Waals surface area contributed by atoms with Crippen LogP contribution < -0.4 is 10.2 Å². The molecule has 0 aromatic heterocycles. The number of hydrogen-bond donors (Lipinski definition) is 4. The Kier molecular flexibility index (Phi) is 7.64. The maximum atomic E-state index is 12.2. The van der Waals surface area contributed by atoms with Crippen molar-refractivity contribution in [3.8, 4) is 6.07 Å². The van der Waals surface area contributed by atoms with E-state index in [1.165, 1.54) is 24.6 Å². The van der Waals surface area contributed by atoms with E-state index in [0.29, 0.717) is 6.04 Å². The number of nitrogens with zero attached hydrogens (tertiary/aromatic N) is 2. The molecular formula is C24H29N3O4. The van der Waals surface area contributed by atoms with E-state index in [2.05, 4.69) is 35.3 Å². The lowest BCUT2D eigenvalue weighted by Crippen LogP contribution is -2.40. The van der Waals surface area contributed by atoms with E-state index in [1.54, 1.807) is 0 Å². The third-order valence-corrected chi connectivity index (χ3v) is 5.81. The van der Waals surface area contributed by atoms with E-state index in [-0.39, 0.29) is 12.1 Å². The van der Waals surface area contributed by atoms with Gasteiger partial charge in [-0.3, -0.25) is 4.79 Å². The number of aliphatic hydroxyl groups excluding tert-OH is 3. The van der Waals surface area contributed by atoms with Crippen molar-refractivity contribution < 1.29 is 20.1 Å². The fraction of sp³-hybridized carbons (Fsp3) is 0.417. The average Bonchev–Trinajstić information content (AvgIpc) is 3.28. The first-order valence-corrected chi connectivity index (χ1v) is 10.6. The van der Waals surface area contributed by atoms with Crippen LogP contribution in [0.25, 0.3) is 16.8 Å². The highest BCUT2D eigenvalue weighted by molar-refractivity contribution is 6.02. The van der Waals surface area contributed by atoms with Crippen molar-refractivity contribution in [2.75, 3.05) is 24.6 Å². The third-order valence-electron chi connectivity index (χ3n) is 5.81. The molecule has 1 aliphatic rings. The molecular weight excluding hydrogens is 394 g/mol. The summed E-state index contributed by atoms with van der Waals surface area (Å²) in [5.41, 5.74) is 1.83. The summed E-state index contributed by atoms with van der Waals surface area (Å²) in [5, 5.41) is 41.7. The van der Waals surface area contributed by atoms with Crippen LogP contribution >= 0.6 is 0 Å². The van der Waals surface area contributed by atoms with Crippen LogP contribution in [0.4, 0.5) is 5.69 Å². The van der Waals surface area contributed by atoms with Crippen LogP contribution in [-0.2, 0) is 4.79 Å². The smallest absolute Gasteiger partial charge is 0.262 e. The summed E-state index contributed by atoms with van der Waals surface area (Å²) < 4.78 is 0. The topological polar surface area (TPSA) is 117 Å². The van der Waals surface area contributed by atoms with E-state index in [9.17, 15) is 20.3 Å². The highest BCUT2D eigenvalue weighted by Gasteiger charge is 2.23. The van der Waals surface area contributed by atoms with Gasteiger partial charge >= 0.3 is 0 Å². The van der Waals surface area contributed by atoms with Gasteiger partial charge in [0, 0.05) is 24.8 Å². The van der Waals surface area contributed by atoms with Crippen LogP contribution in [0.5, 0.6) is 0 Å². The van der Waals surface area contributed by atoms with Crippen LogP contribution in [0, 0.1) is 11.3 Å². The Morgan fingerprint density at radius 3 is 2.71 bits per heavy atom. The zero-order valence-electron chi connectivity index (χ0n) is 17.7. The molecule has 3 rings (SSSR count).